The van der Waals surface area contributed by atoms with Gasteiger partial charge >= 0.3 is 0 Å². The fourth-order valence-electron chi connectivity index (χ4n) is 3.19. The second-order valence-corrected chi connectivity index (χ2v) is 5.63. The molecule has 2 aliphatic heterocycles. The molecule has 6 nitrogen and oxygen atoms in total. The number of fused-ring (bicyclic) bond motifs is 2. The van der Waals surface area contributed by atoms with E-state index < -0.39 is 0 Å². The third-order valence-electron chi connectivity index (χ3n) is 4.23. The summed E-state index contributed by atoms with van der Waals surface area (Å²) in [6.45, 7) is 3.00. The monoisotopic (exact) mass is 283 g/mol. The number of hydrogen-bond acceptors (Lipinski definition) is 4. The molecule has 2 aromatic rings. The lowest BCUT2D eigenvalue weighted by atomic mass is 10.1. The first-order valence-corrected chi connectivity index (χ1v) is 7.32. The van der Waals surface area contributed by atoms with Gasteiger partial charge in [0.25, 0.3) is 0 Å². The van der Waals surface area contributed by atoms with E-state index in [4.69, 9.17) is 0 Å². The highest BCUT2D eigenvalue weighted by molar-refractivity contribution is 6.02. The summed E-state index contributed by atoms with van der Waals surface area (Å²) in [5, 5.41) is 14.8. The number of nitrogens with zero attached hydrogens (tertiary/aromatic N) is 3. The molecule has 1 amide bonds. The van der Waals surface area contributed by atoms with Crippen LogP contribution in [0.25, 0.3) is 0 Å². The molecule has 2 aliphatic rings. The summed E-state index contributed by atoms with van der Waals surface area (Å²) in [6, 6.07) is 7.43. The van der Waals surface area contributed by atoms with Gasteiger partial charge in [0.1, 0.15) is 17.7 Å². The van der Waals surface area contributed by atoms with Gasteiger partial charge in [-0.1, -0.05) is 18.2 Å². The van der Waals surface area contributed by atoms with E-state index in [-0.39, 0.29) is 18.0 Å². The van der Waals surface area contributed by atoms with Gasteiger partial charge < -0.3 is 9.88 Å². The maximum Gasteiger partial charge on any atom is 0.246 e. The van der Waals surface area contributed by atoms with Gasteiger partial charge in [0.05, 0.1) is 6.04 Å². The van der Waals surface area contributed by atoms with Gasteiger partial charge in [0.2, 0.25) is 5.91 Å². The van der Waals surface area contributed by atoms with Crippen molar-refractivity contribution in [3.05, 3.63) is 41.5 Å². The minimum atomic E-state index is -0.328. The first kappa shape index (κ1) is 12.5. The quantitative estimate of drug-likeness (QED) is 0.897. The Bertz CT molecular complexity index is 708. The van der Waals surface area contributed by atoms with E-state index >= 15 is 0 Å². The molecule has 0 aliphatic carbocycles. The number of benzene rings is 1. The van der Waals surface area contributed by atoms with E-state index in [1.54, 1.807) is 0 Å². The van der Waals surface area contributed by atoms with E-state index in [1.807, 2.05) is 31.2 Å². The Labute approximate surface area is 122 Å². The first-order chi connectivity index (χ1) is 10.2. The van der Waals surface area contributed by atoms with Crippen molar-refractivity contribution in [3.63, 3.8) is 0 Å². The van der Waals surface area contributed by atoms with E-state index in [9.17, 15) is 4.79 Å². The average Bonchev–Trinajstić information content (AvgIpc) is 3.14. The first-order valence-electron chi connectivity index (χ1n) is 7.32. The van der Waals surface area contributed by atoms with Crippen LogP contribution >= 0.6 is 0 Å². The number of rotatable bonds is 3. The zero-order valence-electron chi connectivity index (χ0n) is 11.8. The summed E-state index contributed by atoms with van der Waals surface area (Å²) < 4.78 is 2.16. The summed E-state index contributed by atoms with van der Waals surface area (Å²) in [4.78, 5) is 12.2. The molecular formula is C15H17N5O. The molecule has 1 aromatic heterocycles. The fraction of sp³-hybridized carbons (Fsp3) is 0.400. The Kier molecular flexibility index (Phi) is 2.78. The van der Waals surface area contributed by atoms with Crippen molar-refractivity contribution >= 4 is 11.6 Å². The van der Waals surface area contributed by atoms with Crippen LogP contribution in [0.4, 0.5) is 5.69 Å². The van der Waals surface area contributed by atoms with Crippen LogP contribution < -0.4 is 10.6 Å². The molecule has 108 valence electrons. The molecule has 0 fully saturated rings. The van der Waals surface area contributed by atoms with Crippen molar-refractivity contribution in [3.8, 4) is 0 Å². The number of para-hydroxylation sites is 1. The second kappa shape index (κ2) is 4.66. The number of carbonyl (C=O) groups is 1. The zero-order chi connectivity index (χ0) is 14.4. The minimum absolute atomic E-state index is 0.00999. The molecule has 2 atom stereocenters. The predicted octanol–water partition coefficient (Wildman–Crippen LogP) is 1.57. The Morgan fingerprint density at radius 3 is 3.14 bits per heavy atom. The molecule has 21 heavy (non-hydrogen) atoms. The van der Waals surface area contributed by atoms with Crippen molar-refractivity contribution < 1.29 is 4.79 Å². The van der Waals surface area contributed by atoms with Gasteiger partial charge in [-0.15, -0.1) is 10.2 Å². The Balaban J connectivity index is 1.60. The summed E-state index contributed by atoms with van der Waals surface area (Å²) in [6.07, 6.45) is 2.11. The minimum Gasteiger partial charge on any atom is -0.324 e. The number of carbonyl (C=O) groups excluding carboxylic acids is 1. The van der Waals surface area contributed by atoms with E-state index in [2.05, 4.69) is 25.4 Å². The number of hydrogen-bond donors (Lipinski definition) is 2. The highest BCUT2D eigenvalue weighted by atomic mass is 16.2. The molecular weight excluding hydrogens is 266 g/mol. The number of nitrogens with one attached hydrogen (secondary N) is 2. The zero-order valence-corrected chi connectivity index (χ0v) is 11.8. The number of aryl methyl sites for hydroxylation is 1. The van der Waals surface area contributed by atoms with Gasteiger partial charge in [-0.3, -0.25) is 10.1 Å². The van der Waals surface area contributed by atoms with Crippen LogP contribution in [0.2, 0.25) is 0 Å². The molecule has 4 rings (SSSR count). The molecule has 0 spiro atoms. The highest BCUT2D eigenvalue weighted by Crippen LogP contribution is 2.32. The lowest BCUT2D eigenvalue weighted by Crippen LogP contribution is -2.31. The molecule has 3 heterocycles. The standard InChI is InChI=1S/C15H17N5O/c1-9(14-19-18-12-7-4-8-20(12)14)16-13-10-5-2-3-6-11(10)17-15(13)21/h2-3,5-6,9,13,16H,4,7-8H2,1H3,(H,17,21). The third-order valence-corrected chi connectivity index (χ3v) is 4.23. The van der Waals surface area contributed by atoms with Crippen molar-refractivity contribution in [1.82, 2.24) is 20.1 Å². The molecule has 2 unspecified atom stereocenters. The second-order valence-electron chi connectivity index (χ2n) is 5.63. The largest absolute Gasteiger partial charge is 0.324 e. The summed E-state index contributed by atoms with van der Waals surface area (Å²) in [7, 11) is 0. The van der Waals surface area contributed by atoms with Crippen LogP contribution in [-0.2, 0) is 17.8 Å². The van der Waals surface area contributed by atoms with E-state index in [0.717, 1.165) is 42.3 Å². The van der Waals surface area contributed by atoms with Gasteiger partial charge in [-0.2, -0.15) is 0 Å². The Hall–Kier alpha value is -2.21. The molecule has 0 saturated carbocycles. The maximum absolute atomic E-state index is 12.2. The van der Waals surface area contributed by atoms with Gasteiger partial charge in [0, 0.05) is 24.2 Å². The molecule has 0 saturated heterocycles. The molecule has 1 aromatic carbocycles. The van der Waals surface area contributed by atoms with Crippen LogP contribution in [-0.4, -0.2) is 20.7 Å². The number of amides is 1. The van der Waals surface area contributed by atoms with Crippen molar-refractivity contribution in [2.24, 2.45) is 0 Å². The molecule has 2 N–H and O–H groups in total. The van der Waals surface area contributed by atoms with Crippen molar-refractivity contribution in [2.75, 3.05) is 5.32 Å². The van der Waals surface area contributed by atoms with Crippen molar-refractivity contribution in [2.45, 2.75) is 38.4 Å². The predicted molar refractivity (Wildman–Crippen MR) is 77.7 cm³/mol. The average molecular weight is 283 g/mol. The van der Waals surface area contributed by atoms with Gasteiger partial charge in [0.15, 0.2) is 0 Å². The summed E-state index contributed by atoms with van der Waals surface area (Å²) in [5.41, 5.74) is 1.88. The van der Waals surface area contributed by atoms with Crippen LogP contribution in [0, 0.1) is 0 Å². The maximum atomic E-state index is 12.2. The highest BCUT2D eigenvalue weighted by Gasteiger charge is 2.32. The number of anilines is 1. The smallest absolute Gasteiger partial charge is 0.246 e. The van der Waals surface area contributed by atoms with Gasteiger partial charge in [-0.25, -0.2) is 0 Å². The summed E-state index contributed by atoms with van der Waals surface area (Å²) in [5.74, 6) is 1.96. The Morgan fingerprint density at radius 2 is 2.24 bits per heavy atom. The van der Waals surface area contributed by atoms with Crippen LogP contribution in [0.3, 0.4) is 0 Å². The van der Waals surface area contributed by atoms with Crippen LogP contribution in [0.5, 0.6) is 0 Å². The van der Waals surface area contributed by atoms with Crippen LogP contribution in [0.1, 0.15) is 42.6 Å². The Morgan fingerprint density at radius 1 is 1.38 bits per heavy atom. The van der Waals surface area contributed by atoms with Gasteiger partial charge in [-0.05, 0) is 19.4 Å². The molecule has 0 radical (unpaired) electrons. The van der Waals surface area contributed by atoms with E-state index in [0.29, 0.717) is 0 Å². The number of aromatic nitrogens is 3. The third kappa shape index (κ3) is 1.94. The lowest BCUT2D eigenvalue weighted by molar-refractivity contribution is -0.117. The summed E-state index contributed by atoms with van der Waals surface area (Å²) >= 11 is 0. The SMILES string of the molecule is CC(NC1C(=O)Nc2ccccc21)c1nnc2n1CCC2. The normalized spacial score (nSPS) is 21.0. The van der Waals surface area contributed by atoms with Crippen molar-refractivity contribution in [1.29, 1.82) is 0 Å². The van der Waals surface area contributed by atoms with E-state index in [1.165, 1.54) is 0 Å². The fourth-order valence-corrected chi connectivity index (χ4v) is 3.19. The van der Waals surface area contributed by atoms with Crippen LogP contribution in [0.15, 0.2) is 24.3 Å². The molecule has 6 heteroatoms. The lowest BCUT2D eigenvalue weighted by Gasteiger charge is -2.18. The topological polar surface area (TPSA) is 71.8 Å². The molecule has 0 bridgehead atoms.